The average molecular weight is 200 g/mol. The van der Waals surface area contributed by atoms with E-state index in [1.807, 2.05) is 13.2 Å². The highest BCUT2D eigenvalue weighted by molar-refractivity contribution is 7.99. The van der Waals surface area contributed by atoms with Gasteiger partial charge < -0.3 is 5.11 Å². The van der Waals surface area contributed by atoms with Crippen LogP contribution in [0.4, 0.5) is 0 Å². The molecule has 0 saturated carbocycles. The maximum Gasteiger partial charge on any atom is 0.0910 e. The third kappa shape index (κ3) is 3.40. The van der Waals surface area contributed by atoms with Crippen LogP contribution in [-0.2, 0) is 7.05 Å². The Balaban J connectivity index is 2.35. The first-order valence-corrected chi connectivity index (χ1v) is 5.64. The number of thioether (sulfide) groups is 1. The Bertz CT molecular complexity index is 250. The molecule has 0 amide bonds. The molecule has 1 heterocycles. The van der Waals surface area contributed by atoms with Gasteiger partial charge in [-0.2, -0.15) is 16.9 Å². The largest absolute Gasteiger partial charge is 0.387 e. The summed E-state index contributed by atoms with van der Waals surface area (Å²) in [6, 6.07) is 0. The van der Waals surface area contributed by atoms with Crippen LogP contribution in [0.25, 0.3) is 0 Å². The van der Waals surface area contributed by atoms with Gasteiger partial charge in [0.1, 0.15) is 0 Å². The topological polar surface area (TPSA) is 38.1 Å². The molecule has 0 saturated heterocycles. The van der Waals surface area contributed by atoms with Crippen molar-refractivity contribution < 1.29 is 5.11 Å². The molecule has 1 unspecified atom stereocenters. The molecule has 0 spiro atoms. The minimum atomic E-state index is -0.370. The molecule has 0 aliphatic rings. The maximum absolute atomic E-state index is 9.69. The predicted molar refractivity (Wildman–Crippen MR) is 55.8 cm³/mol. The second-order valence-corrected chi connectivity index (χ2v) is 4.19. The van der Waals surface area contributed by atoms with Crippen LogP contribution in [0.3, 0.4) is 0 Å². The second-order valence-electron chi connectivity index (χ2n) is 3.04. The van der Waals surface area contributed by atoms with E-state index in [-0.39, 0.29) is 6.10 Å². The van der Waals surface area contributed by atoms with E-state index in [2.05, 4.69) is 12.0 Å². The minimum Gasteiger partial charge on any atom is -0.387 e. The van der Waals surface area contributed by atoms with Gasteiger partial charge in [0.05, 0.1) is 12.3 Å². The molecule has 1 rings (SSSR count). The average Bonchev–Trinajstić information content (AvgIpc) is 2.52. The summed E-state index contributed by atoms with van der Waals surface area (Å²) in [5, 5.41) is 13.7. The maximum atomic E-state index is 9.69. The fourth-order valence-electron chi connectivity index (χ4n) is 1.05. The fraction of sp³-hybridized carbons (Fsp3) is 0.667. The van der Waals surface area contributed by atoms with Gasteiger partial charge in [0.25, 0.3) is 0 Å². The monoisotopic (exact) mass is 200 g/mol. The van der Waals surface area contributed by atoms with E-state index >= 15 is 0 Å². The number of aliphatic hydroxyl groups is 1. The lowest BCUT2D eigenvalue weighted by Crippen LogP contribution is -1.99. The Morgan fingerprint density at radius 3 is 3.00 bits per heavy atom. The number of hydrogen-bond acceptors (Lipinski definition) is 3. The van der Waals surface area contributed by atoms with Crippen LogP contribution in [0.15, 0.2) is 12.4 Å². The van der Waals surface area contributed by atoms with E-state index in [4.69, 9.17) is 0 Å². The summed E-state index contributed by atoms with van der Waals surface area (Å²) >= 11 is 1.78. The van der Waals surface area contributed by atoms with Crippen molar-refractivity contribution in [3.8, 4) is 0 Å². The van der Waals surface area contributed by atoms with Crippen molar-refractivity contribution >= 4 is 11.8 Å². The van der Waals surface area contributed by atoms with Crippen molar-refractivity contribution in [1.82, 2.24) is 9.78 Å². The van der Waals surface area contributed by atoms with E-state index in [0.29, 0.717) is 0 Å². The molecule has 13 heavy (non-hydrogen) atoms. The molecule has 1 aromatic heterocycles. The van der Waals surface area contributed by atoms with Gasteiger partial charge in [0, 0.05) is 24.6 Å². The molecule has 4 heteroatoms. The lowest BCUT2D eigenvalue weighted by Gasteiger charge is -2.06. The molecular weight excluding hydrogens is 184 g/mol. The Labute approximate surface area is 83.1 Å². The van der Waals surface area contributed by atoms with E-state index < -0.39 is 0 Å². The zero-order valence-electron chi connectivity index (χ0n) is 8.10. The van der Waals surface area contributed by atoms with Crippen molar-refractivity contribution in [2.75, 3.05) is 11.5 Å². The smallest absolute Gasteiger partial charge is 0.0910 e. The standard InChI is InChI=1S/C9H16N2OS/c1-3-4-13-7-9(12)8-5-10-11(2)6-8/h5-6,9,12H,3-4,7H2,1-2H3. The summed E-state index contributed by atoms with van der Waals surface area (Å²) in [7, 11) is 1.86. The summed E-state index contributed by atoms with van der Waals surface area (Å²) in [6.07, 6.45) is 4.36. The van der Waals surface area contributed by atoms with E-state index in [1.54, 1.807) is 22.6 Å². The van der Waals surface area contributed by atoms with Crippen LogP contribution in [-0.4, -0.2) is 26.4 Å². The van der Waals surface area contributed by atoms with Crippen LogP contribution >= 0.6 is 11.8 Å². The molecule has 1 atom stereocenters. The van der Waals surface area contributed by atoms with E-state index in [1.165, 1.54) is 0 Å². The number of hydrogen-bond donors (Lipinski definition) is 1. The first kappa shape index (κ1) is 10.6. The zero-order valence-corrected chi connectivity index (χ0v) is 8.92. The number of rotatable bonds is 5. The van der Waals surface area contributed by atoms with Crippen molar-refractivity contribution in [3.63, 3.8) is 0 Å². The molecule has 0 fully saturated rings. The molecule has 0 radical (unpaired) electrons. The third-order valence-corrected chi connectivity index (χ3v) is 2.98. The quantitative estimate of drug-likeness (QED) is 0.734. The van der Waals surface area contributed by atoms with Gasteiger partial charge in [-0.3, -0.25) is 4.68 Å². The first-order valence-electron chi connectivity index (χ1n) is 4.48. The molecule has 0 aromatic carbocycles. The third-order valence-electron chi connectivity index (χ3n) is 1.73. The Hall–Kier alpha value is -0.480. The molecular formula is C9H16N2OS. The van der Waals surface area contributed by atoms with Gasteiger partial charge in [-0.15, -0.1) is 0 Å². The highest BCUT2D eigenvalue weighted by Gasteiger charge is 2.08. The SMILES string of the molecule is CCCSCC(O)c1cnn(C)c1. The van der Waals surface area contributed by atoms with E-state index in [0.717, 1.165) is 23.5 Å². The normalized spacial score (nSPS) is 13.2. The fourth-order valence-corrected chi connectivity index (χ4v) is 1.92. The van der Waals surface area contributed by atoms with Gasteiger partial charge in [-0.1, -0.05) is 6.92 Å². The molecule has 3 nitrogen and oxygen atoms in total. The van der Waals surface area contributed by atoms with Gasteiger partial charge in [-0.05, 0) is 12.2 Å². The zero-order chi connectivity index (χ0) is 9.68. The van der Waals surface area contributed by atoms with Crippen LogP contribution in [0, 0.1) is 0 Å². The van der Waals surface area contributed by atoms with Gasteiger partial charge in [-0.25, -0.2) is 0 Å². The second kappa shape index (κ2) is 5.29. The van der Waals surface area contributed by atoms with Crippen LogP contribution in [0.5, 0.6) is 0 Å². The Kier molecular flexibility index (Phi) is 4.32. The van der Waals surface area contributed by atoms with Crippen molar-refractivity contribution in [1.29, 1.82) is 0 Å². The molecule has 0 bridgehead atoms. The molecule has 74 valence electrons. The number of aromatic nitrogens is 2. The van der Waals surface area contributed by atoms with Crippen molar-refractivity contribution in [2.24, 2.45) is 7.05 Å². The van der Waals surface area contributed by atoms with Crippen LogP contribution in [0.2, 0.25) is 0 Å². The minimum absolute atomic E-state index is 0.370. The highest BCUT2D eigenvalue weighted by atomic mass is 32.2. The summed E-state index contributed by atoms with van der Waals surface area (Å²) in [6.45, 7) is 2.14. The predicted octanol–water partition coefficient (Wildman–Crippen LogP) is 1.60. The Morgan fingerprint density at radius 2 is 2.46 bits per heavy atom. The van der Waals surface area contributed by atoms with Crippen LogP contribution < -0.4 is 0 Å². The van der Waals surface area contributed by atoms with Crippen molar-refractivity contribution in [3.05, 3.63) is 18.0 Å². The number of aryl methyl sites for hydroxylation is 1. The van der Waals surface area contributed by atoms with E-state index in [9.17, 15) is 5.11 Å². The van der Waals surface area contributed by atoms with Gasteiger partial charge in [0.2, 0.25) is 0 Å². The lowest BCUT2D eigenvalue weighted by molar-refractivity contribution is 0.204. The lowest BCUT2D eigenvalue weighted by atomic mass is 10.2. The summed E-state index contributed by atoms with van der Waals surface area (Å²) in [5.74, 6) is 1.87. The van der Waals surface area contributed by atoms with Gasteiger partial charge in [0.15, 0.2) is 0 Å². The summed E-state index contributed by atoms with van der Waals surface area (Å²) in [4.78, 5) is 0. The van der Waals surface area contributed by atoms with Crippen LogP contribution in [0.1, 0.15) is 25.0 Å². The number of aliphatic hydroxyl groups excluding tert-OH is 1. The summed E-state index contributed by atoms with van der Waals surface area (Å²) in [5.41, 5.74) is 0.908. The highest BCUT2D eigenvalue weighted by Crippen LogP contribution is 2.17. The Morgan fingerprint density at radius 1 is 1.69 bits per heavy atom. The molecule has 0 aliphatic carbocycles. The van der Waals surface area contributed by atoms with Gasteiger partial charge >= 0.3 is 0 Å². The first-order chi connectivity index (χ1) is 6.24. The van der Waals surface area contributed by atoms with Crippen molar-refractivity contribution in [2.45, 2.75) is 19.4 Å². The molecule has 1 aromatic rings. The molecule has 0 aliphatic heterocycles. The molecule has 1 N–H and O–H groups in total. The summed E-state index contributed by atoms with van der Waals surface area (Å²) < 4.78 is 1.71. The number of nitrogens with zero attached hydrogens (tertiary/aromatic N) is 2.